The number of thioether (sulfide) groups is 1. The quantitative estimate of drug-likeness (QED) is 0.765. The molecule has 0 aliphatic carbocycles. The topological polar surface area (TPSA) is 74.6 Å². The molecule has 2 heterocycles. The van der Waals surface area contributed by atoms with E-state index in [0.29, 0.717) is 24.9 Å². The molecule has 1 aliphatic rings. The average molecular weight is 311 g/mol. The van der Waals surface area contributed by atoms with Crippen LogP contribution in [0.15, 0.2) is 22.8 Å². The van der Waals surface area contributed by atoms with Crippen molar-refractivity contribution >= 4 is 23.6 Å². The molecule has 2 N–H and O–H groups in total. The Hall–Kier alpha value is -1.47. The number of nitrogens with one attached hydrogen (secondary N) is 2. The first-order chi connectivity index (χ1) is 10.1. The number of carbonyl (C=O) groups excluding carboxylic acids is 2. The molecule has 1 aromatic rings. The summed E-state index contributed by atoms with van der Waals surface area (Å²) in [6.07, 6.45) is 2.68. The van der Waals surface area contributed by atoms with Gasteiger partial charge in [0.2, 0.25) is 11.8 Å². The summed E-state index contributed by atoms with van der Waals surface area (Å²) in [4.78, 5) is 25.4. The van der Waals surface area contributed by atoms with Crippen molar-refractivity contribution in [2.45, 2.75) is 19.0 Å². The van der Waals surface area contributed by atoms with Crippen LogP contribution < -0.4 is 10.6 Å². The number of furan rings is 1. The SMILES string of the molecule is CN(CC(=O)NCC(=O)NCc1ccco1)[C@@H]1CCSC1. The minimum atomic E-state index is -0.223. The summed E-state index contributed by atoms with van der Waals surface area (Å²) >= 11 is 1.91. The minimum Gasteiger partial charge on any atom is -0.467 e. The predicted molar refractivity (Wildman–Crippen MR) is 81.9 cm³/mol. The number of hydrogen-bond acceptors (Lipinski definition) is 5. The van der Waals surface area contributed by atoms with Gasteiger partial charge in [-0.2, -0.15) is 11.8 Å². The Labute approximate surface area is 128 Å². The van der Waals surface area contributed by atoms with E-state index in [-0.39, 0.29) is 18.4 Å². The molecule has 0 saturated carbocycles. The number of likely N-dealkylation sites (N-methyl/N-ethyl adjacent to an activating group) is 1. The van der Waals surface area contributed by atoms with E-state index in [1.54, 1.807) is 18.4 Å². The van der Waals surface area contributed by atoms with Gasteiger partial charge in [0.05, 0.1) is 25.9 Å². The Morgan fingerprint density at radius 1 is 1.43 bits per heavy atom. The van der Waals surface area contributed by atoms with Gasteiger partial charge in [-0.1, -0.05) is 0 Å². The number of rotatable bonds is 7. The average Bonchev–Trinajstić information content (AvgIpc) is 3.15. The fourth-order valence-corrected chi connectivity index (χ4v) is 3.42. The molecule has 7 heteroatoms. The van der Waals surface area contributed by atoms with E-state index in [0.717, 1.165) is 17.9 Å². The lowest BCUT2D eigenvalue weighted by molar-refractivity contribution is -0.126. The van der Waals surface area contributed by atoms with Crippen LogP contribution in [-0.2, 0) is 16.1 Å². The van der Waals surface area contributed by atoms with Gasteiger partial charge in [0.25, 0.3) is 0 Å². The predicted octanol–water partition coefficient (Wildman–Crippen LogP) is 0.449. The van der Waals surface area contributed by atoms with Crippen LogP contribution in [0.3, 0.4) is 0 Å². The molecule has 0 spiro atoms. The van der Waals surface area contributed by atoms with Crippen molar-refractivity contribution in [3.63, 3.8) is 0 Å². The first kappa shape index (κ1) is 15.9. The maximum atomic E-state index is 11.8. The molecule has 0 bridgehead atoms. The van der Waals surface area contributed by atoms with E-state index in [1.165, 1.54) is 0 Å². The smallest absolute Gasteiger partial charge is 0.239 e. The zero-order chi connectivity index (χ0) is 15.1. The van der Waals surface area contributed by atoms with Crippen LogP contribution in [0.4, 0.5) is 0 Å². The monoisotopic (exact) mass is 311 g/mol. The van der Waals surface area contributed by atoms with Crippen molar-refractivity contribution in [1.29, 1.82) is 0 Å². The fourth-order valence-electron chi connectivity index (χ4n) is 2.12. The van der Waals surface area contributed by atoms with Gasteiger partial charge in [0, 0.05) is 11.8 Å². The maximum Gasteiger partial charge on any atom is 0.239 e. The van der Waals surface area contributed by atoms with Gasteiger partial charge in [-0.3, -0.25) is 14.5 Å². The van der Waals surface area contributed by atoms with Crippen molar-refractivity contribution < 1.29 is 14.0 Å². The first-order valence-corrected chi connectivity index (χ1v) is 8.14. The van der Waals surface area contributed by atoms with Crippen LogP contribution in [0, 0.1) is 0 Å². The maximum absolute atomic E-state index is 11.8. The summed E-state index contributed by atoms with van der Waals surface area (Å²) in [5.41, 5.74) is 0. The molecule has 116 valence electrons. The number of hydrogen-bond donors (Lipinski definition) is 2. The highest BCUT2D eigenvalue weighted by molar-refractivity contribution is 7.99. The van der Waals surface area contributed by atoms with Crippen LogP contribution >= 0.6 is 11.8 Å². The Morgan fingerprint density at radius 2 is 2.29 bits per heavy atom. The Kier molecular flexibility index (Phi) is 6.13. The molecule has 21 heavy (non-hydrogen) atoms. The lowest BCUT2D eigenvalue weighted by Gasteiger charge is -2.22. The molecule has 1 aromatic heterocycles. The van der Waals surface area contributed by atoms with E-state index in [2.05, 4.69) is 15.5 Å². The van der Waals surface area contributed by atoms with Crippen LogP contribution in [0.25, 0.3) is 0 Å². The zero-order valence-corrected chi connectivity index (χ0v) is 12.9. The normalized spacial score (nSPS) is 17.9. The summed E-state index contributed by atoms with van der Waals surface area (Å²) in [7, 11) is 1.95. The Balaban J connectivity index is 1.60. The molecule has 2 amide bonds. The van der Waals surface area contributed by atoms with Crippen molar-refractivity contribution in [2.75, 3.05) is 31.6 Å². The van der Waals surface area contributed by atoms with Gasteiger partial charge < -0.3 is 15.1 Å². The minimum absolute atomic E-state index is 0.00714. The van der Waals surface area contributed by atoms with E-state index in [4.69, 9.17) is 4.42 Å². The summed E-state index contributed by atoms with van der Waals surface area (Å²) in [6, 6.07) is 4.02. The summed E-state index contributed by atoms with van der Waals surface area (Å²) in [5, 5.41) is 5.32. The van der Waals surface area contributed by atoms with E-state index < -0.39 is 0 Å². The van der Waals surface area contributed by atoms with E-state index in [9.17, 15) is 9.59 Å². The van der Waals surface area contributed by atoms with Gasteiger partial charge in [0.1, 0.15) is 5.76 Å². The fraction of sp³-hybridized carbons (Fsp3) is 0.571. The van der Waals surface area contributed by atoms with Crippen molar-refractivity contribution in [1.82, 2.24) is 15.5 Å². The molecule has 1 saturated heterocycles. The summed E-state index contributed by atoms with van der Waals surface area (Å²) < 4.78 is 5.11. The van der Waals surface area contributed by atoms with Crippen LogP contribution in [0.5, 0.6) is 0 Å². The third-order valence-corrected chi connectivity index (χ3v) is 4.55. The second kappa shape index (κ2) is 8.09. The molecule has 1 aliphatic heterocycles. The first-order valence-electron chi connectivity index (χ1n) is 6.99. The van der Waals surface area contributed by atoms with Crippen molar-refractivity contribution in [3.05, 3.63) is 24.2 Å². The second-order valence-corrected chi connectivity index (χ2v) is 6.22. The largest absolute Gasteiger partial charge is 0.467 e. The molecule has 6 nitrogen and oxygen atoms in total. The molecule has 1 fully saturated rings. The molecule has 1 atom stereocenters. The van der Waals surface area contributed by atoms with Crippen molar-refractivity contribution in [2.24, 2.45) is 0 Å². The molecule has 0 radical (unpaired) electrons. The van der Waals surface area contributed by atoms with E-state index in [1.807, 2.05) is 18.8 Å². The molecule has 0 aromatic carbocycles. The highest BCUT2D eigenvalue weighted by Gasteiger charge is 2.21. The van der Waals surface area contributed by atoms with Gasteiger partial charge in [0.15, 0.2) is 0 Å². The van der Waals surface area contributed by atoms with Gasteiger partial charge in [-0.05, 0) is 31.4 Å². The number of nitrogens with zero attached hydrogens (tertiary/aromatic N) is 1. The molecular weight excluding hydrogens is 290 g/mol. The summed E-state index contributed by atoms with van der Waals surface area (Å²) in [5.74, 6) is 2.58. The Bertz CT molecular complexity index is 458. The lowest BCUT2D eigenvalue weighted by Crippen LogP contribution is -2.43. The summed E-state index contributed by atoms with van der Waals surface area (Å²) in [6.45, 7) is 0.657. The zero-order valence-electron chi connectivity index (χ0n) is 12.1. The van der Waals surface area contributed by atoms with E-state index >= 15 is 0 Å². The number of amides is 2. The van der Waals surface area contributed by atoms with Crippen LogP contribution in [-0.4, -0.2) is 54.4 Å². The molecule has 2 rings (SSSR count). The van der Waals surface area contributed by atoms with Crippen LogP contribution in [0.1, 0.15) is 12.2 Å². The van der Waals surface area contributed by atoms with Gasteiger partial charge in [-0.25, -0.2) is 0 Å². The number of carbonyl (C=O) groups is 2. The standard InChI is InChI=1S/C14H21N3O3S/c1-17(11-4-6-21-10-11)9-14(19)16-8-13(18)15-7-12-3-2-5-20-12/h2-3,5,11H,4,6-10H2,1H3,(H,15,18)(H,16,19)/t11-/m1/s1. The lowest BCUT2D eigenvalue weighted by atomic mass is 10.2. The van der Waals surface area contributed by atoms with Crippen molar-refractivity contribution in [3.8, 4) is 0 Å². The molecular formula is C14H21N3O3S. The van der Waals surface area contributed by atoms with Gasteiger partial charge >= 0.3 is 0 Å². The second-order valence-electron chi connectivity index (χ2n) is 5.07. The Morgan fingerprint density at radius 3 is 2.95 bits per heavy atom. The third-order valence-electron chi connectivity index (χ3n) is 3.41. The van der Waals surface area contributed by atoms with Crippen LogP contribution in [0.2, 0.25) is 0 Å². The molecule has 0 unspecified atom stereocenters. The highest BCUT2D eigenvalue weighted by Crippen LogP contribution is 2.20. The van der Waals surface area contributed by atoms with Gasteiger partial charge in [-0.15, -0.1) is 0 Å². The highest BCUT2D eigenvalue weighted by atomic mass is 32.2. The third kappa shape index (κ3) is 5.43.